The Kier molecular flexibility index (Phi) is 6.25. The van der Waals surface area contributed by atoms with Gasteiger partial charge in [-0.05, 0) is 48.5 Å². The number of ether oxygens (including phenoxy) is 3. The quantitative estimate of drug-likeness (QED) is 0.490. The standard InChI is InChI=1S/C21H15ClF2N2O6S/c22-16-9-13(4-6-17(16)32-21(23)24)25-20(27)12-2-1-3-15(8-12)33(28,29)26-14-5-7-18-19(10-14)31-11-30-18/h1-10,21,26H,11H2,(H,25,27). The van der Waals surface area contributed by atoms with Crippen LogP contribution in [0.15, 0.2) is 65.6 Å². The zero-order valence-electron chi connectivity index (χ0n) is 16.5. The molecule has 8 nitrogen and oxygen atoms in total. The fourth-order valence-electron chi connectivity index (χ4n) is 2.95. The summed E-state index contributed by atoms with van der Waals surface area (Å²) in [5.74, 6) is 0.0403. The van der Waals surface area contributed by atoms with Crippen molar-refractivity contribution in [2.75, 3.05) is 16.8 Å². The van der Waals surface area contributed by atoms with E-state index in [0.29, 0.717) is 11.5 Å². The molecule has 0 unspecified atom stereocenters. The van der Waals surface area contributed by atoms with E-state index in [4.69, 9.17) is 21.1 Å². The van der Waals surface area contributed by atoms with E-state index in [2.05, 4.69) is 14.8 Å². The number of alkyl halides is 2. The summed E-state index contributed by atoms with van der Waals surface area (Å²) >= 11 is 5.89. The van der Waals surface area contributed by atoms with Crippen molar-refractivity contribution in [3.8, 4) is 17.2 Å². The van der Waals surface area contributed by atoms with Gasteiger partial charge in [0.15, 0.2) is 11.5 Å². The highest BCUT2D eigenvalue weighted by Gasteiger charge is 2.20. The molecule has 0 saturated carbocycles. The lowest BCUT2D eigenvalue weighted by Crippen LogP contribution is -2.16. The summed E-state index contributed by atoms with van der Waals surface area (Å²) in [6, 6.07) is 13.7. The zero-order valence-corrected chi connectivity index (χ0v) is 18.1. The van der Waals surface area contributed by atoms with Crippen molar-refractivity contribution >= 4 is 38.9 Å². The Balaban J connectivity index is 1.50. The number of anilines is 2. The number of carbonyl (C=O) groups is 1. The summed E-state index contributed by atoms with van der Waals surface area (Å²) < 4.78 is 67.4. The molecule has 1 amide bonds. The van der Waals surface area contributed by atoms with Crippen LogP contribution < -0.4 is 24.2 Å². The summed E-state index contributed by atoms with van der Waals surface area (Å²) in [5, 5.41) is 2.40. The van der Waals surface area contributed by atoms with Gasteiger partial charge in [-0.15, -0.1) is 0 Å². The lowest BCUT2D eigenvalue weighted by Gasteiger charge is -2.11. The van der Waals surface area contributed by atoms with E-state index in [0.717, 1.165) is 0 Å². The van der Waals surface area contributed by atoms with Gasteiger partial charge in [-0.2, -0.15) is 8.78 Å². The minimum Gasteiger partial charge on any atom is -0.454 e. The minimum absolute atomic E-state index is 0.0487. The molecule has 1 heterocycles. The van der Waals surface area contributed by atoms with E-state index in [-0.39, 0.29) is 39.4 Å². The van der Waals surface area contributed by atoms with Crippen molar-refractivity contribution in [2.45, 2.75) is 11.5 Å². The molecule has 1 aliphatic heterocycles. The third-order valence-corrected chi connectivity index (χ3v) is 6.11. The highest BCUT2D eigenvalue weighted by atomic mass is 35.5. The molecule has 0 fully saturated rings. The number of sulfonamides is 1. The second-order valence-corrected chi connectivity index (χ2v) is 8.77. The molecule has 0 aromatic heterocycles. The Hall–Kier alpha value is -3.57. The molecule has 33 heavy (non-hydrogen) atoms. The maximum absolute atomic E-state index is 12.8. The van der Waals surface area contributed by atoms with Crippen LogP contribution >= 0.6 is 11.6 Å². The van der Waals surface area contributed by atoms with Gasteiger partial charge in [0.05, 0.1) is 15.6 Å². The van der Waals surface area contributed by atoms with Gasteiger partial charge in [0, 0.05) is 17.3 Å². The molecule has 2 N–H and O–H groups in total. The summed E-state index contributed by atoms with van der Waals surface area (Å²) in [5.41, 5.74) is 0.515. The summed E-state index contributed by atoms with van der Waals surface area (Å²) in [4.78, 5) is 12.5. The SMILES string of the molecule is O=C(Nc1ccc(OC(F)F)c(Cl)c1)c1cccc(S(=O)(=O)Nc2ccc3c(c2)OCO3)c1. The molecule has 0 saturated heterocycles. The third kappa shape index (κ3) is 5.26. The fourth-order valence-corrected chi connectivity index (χ4v) is 4.27. The highest BCUT2D eigenvalue weighted by Crippen LogP contribution is 2.35. The van der Waals surface area contributed by atoms with Crippen molar-refractivity contribution in [3.63, 3.8) is 0 Å². The van der Waals surface area contributed by atoms with Gasteiger partial charge < -0.3 is 19.5 Å². The number of fused-ring (bicyclic) bond motifs is 1. The van der Waals surface area contributed by atoms with Gasteiger partial charge in [-0.3, -0.25) is 9.52 Å². The first-order valence-electron chi connectivity index (χ1n) is 9.29. The molecule has 1 aliphatic rings. The number of carbonyl (C=O) groups excluding carboxylic acids is 1. The minimum atomic E-state index is -4.02. The van der Waals surface area contributed by atoms with E-state index < -0.39 is 22.5 Å². The van der Waals surface area contributed by atoms with Gasteiger partial charge in [-0.25, -0.2) is 8.42 Å². The number of benzene rings is 3. The molecule has 12 heteroatoms. The van der Waals surface area contributed by atoms with Crippen molar-refractivity contribution in [1.29, 1.82) is 0 Å². The van der Waals surface area contributed by atoms with E-state index in [1.54, 1.807) is 6.07 Å². The fraction of sp³-hybridized carbons (Fsp3) is 0.0952. The van der Waals surface area contributed by atoms with Crippen LogP contribution in [-0.4, -0.2) is 27.7 Å². The predicted molar refractivity (Wildman–Crippen MR) is 116 cm³/mol. The van der Waals surface area contributed by atoms with Gasteiger partial charge in [0.1, 0.15) is 5.75 Å². The zero-order chi connectivity index (χ0) is 23.6. The van der Waals surface area contributed by atoms with Crippen molar-refractivity contribution < 1.29 is 36.2 Å². The van der Waals surface area contributed by atoms with Gasteiger partial charge in [-0.1, -0.05) is 17.7 Å². The van der Waals surface area contributed by atoms with Crippen LogP contribution in [-0.2, 0) is 10.0 Å². The summed E-state index contributed by atoms with van der Waals surface area (Å²) in [6.45, 7) is -2.99. The molecule has 4 rings (SSSR count). The van der Waals surface area contributed by atoms with Gasteiger partial charge >= 0.3 is 6.61 Å². The molecule has 172 valence electrons. The van der Waals surface area contributed by atoms with Crippen LogP contribution in [0.2, 0.25) is 5.02 Å². The topological polar surface area (TPSA) is 103 Å². The Morgan fingerprint density at radius 2 is 1.76 bits per heavy atom. The van der Waals surface area contributed by atoms with Gasteiger partial charge in [0.2, 0.25) is 6.79 Å². The molecule has 0 bridgehead atoms. The smallest absolute Gasteiger partial charge is 0.387 e. The number of rotatable bonds is 7. The first kappa shape index (κ1) is 22.6. The van der Waals surface area contributed by atoms with Crippen LogP contribution in [0.5, 0.6) is 17.2 Å². The predicted octanol–water partition coefficient (Wildman–Crippen LogP) is 4.72. The number of nitrogens with one attached hydrogen (secondary N) is 2. The molecule has 3 aromatic rings. The Morgan fingerprint density at radius 3 is 2.52 bits per heavy atom. The molecular weight excluding hydrogens is 482 g/mol. The maximum Gasteiger partial charge on any atom is 0.387 e. The largest absolute Gasteiger partial charge is 0.454 e. The van der Waals surface area contributed by atoms with E-state index in [1.165, 1.54) is 54.6 Å². The lowest BCUT2D eigenvalue weighted by molar-refractivity contribution is -0.0497. The van der Waals surface area contributed by atoms with Crippen LogP contribution in [0.1, 0.15) is 10.4 Å². The van der Waals surface area contributed by atoms with E-state index >= 15 is 0 Å². The van der Waals surface area contributed by atoms with Gasteiger partial charge in [0.25, 0.3) is 15.9 Å². The van der Waals surface area contributed by atoms with Crippen molar-refractivity contribution in [3.05, 3.63) is 71.2 Å². The van der Waals surface area contributed by atoms with Crippen molar-refractivity contribution in [1.82, 2.24) is 0 Å². The number of halogens is 3. The molecular formula is C21H15ClF2N2O6S. The lowest BCUT2D eigenvalue weighted by atomic mass is 10.2. The molecule has 3 aromatic carbocycles. The number of hydrogen-bond donors (Lipinski definition) is 2. The Bertz CT molecular complexity index is 1320. The average Bonchev–Trinajstić information content (AvgIpc) is 3.23. The first-order chi connectivity index (χ1) is 15.7. The monoisotopic (exact) mass is 496 g/mol. The van der Waals surface area contributed by atoms with Crippen LogP contribution in [0, 0.1) is 0 Å². The highest BCUT2D eigenvalue weighted by molar-refractivity contribution is 7.92. The maximum atomic E-state index is 12.8. The van der Waals surface area contributed by atoms with Crippen LogP contribution in [0.25, 0.3) is 0 Å². The van der Waals surface area contributed by atoms with Crippen molar-refractivity contribution in [2.24, 2.45) is 0 Å². The average molecular weight is 497 g/mol. The molecule has 0 aliphatic carbocycles. The van der Waals surface area contributed by atoms with E-state index in [1.807, 2.05) is 0 Å². The van der Waals surface area contributed by atoms with Crippen LogP contribution in [0.3, 0.4) is 0 Å². The third-order valence-electron chi connectivity index (χ3n) is 4.44. The number of amides is 1. The summed E-state index contributed by atoms with van der Waals surface area (Å²) in [7, 11) is -4.02. The molecule has 0 spiro atoms. The Morgan fingerprint density at radius 1 is 1.00 bits per heavy atom. The van der Waals surface area contributed by atoms with E-state index in [9.17, 15) is 22.0 Å². The summed E-state index contributed by atoms with van der Waals surface area (Å²) in [6.07, 6.45) is 0. The second kappa shape index (κ2) is 9.12. The first-order valence-corrected chi connectivity index (χ1v) is 11.2. The van der Waals surface area contributed by atoms with Crippen LogP contribution in [0.4, 0.5) is 20.2 Å². The number of hydrogen-bond acceptors (Lipinski definition) is 6. The molecule has 0 atom stereocenters. The second-order valence-electron chi connectivity index (χ2n) is 6.68. The normalized spacial score (nSPS) is 12.5. The molecule has 0 radical (unpaired) electrons. The Labute approximate surface area is 192 Å².